The number of hydrogen-bond donors (Lipinski definition) is 0. The Labute approximate surface area is 55.3 Å². The fraction of sp³-hybridized carbons (Fsp3) is 0. The van der Waals surface area contributed by atoms with Crippen molar-refractivity contribution in [3.05, 3.63) is 17.6 Å². The molecule has 9 heavy (non-hydrogen) atoms. The maximum absolute atomic E-state index is 3.80. The summed E-state index contributed by atoms with van der Waals surface area (Å²) >= 11 is 1.57. The van der Waals surface area contributed by atoms with E-state index in [1.165, 1.54) is 0 Å². The lowest BCUT2D eigenvalue weighted by molar-refractivity contribution is 0.900. The Morgan fingerprint density at radius 3 is 3.33 bits per heavy atom. The van der Waals surface area contributed by atoms with Crippen LogP contribution in [-0.4, -0.2) is 15.4 Å². The van der Waals surface area contributed by atoms with Crippen molar-refractivity contribution in [1.29, 1.82) is 0 Å². The van der Waals surface area contributed by atoms with Gasteiger partial charge in [0.05, 0.1) is 6.20 Å². The van der Waals surface area contributed by atoms with E-state index < -0.39 is 0 Å². The lowest BCUT2D eigenvalue weighted by atomic mass is 10.4. The number of nitrogens with zero attached hydrogens (tertiary/aromatic N) is 3. The third-order valence-corrected chi connectivity index (χ3v) is 1.87. The molecule has 0 aliphatic carbocycles. The molecule has 0 bridgehead atoms. The number of fused-ring (bicyclic) bond motifs is 1. The summed E-state index contributed by atoms with van der Waals surface area (Å²) in [6.45, 7) is 0. The van der Waals surface area contributed by atoms with Gasteiger partial charge >= 0.3 is 0 Å². The fourth-order valence-electron chi connectivity index (χ4n) is 0.645. The van der Waals surface area contributed by atoms with Gasteiger partial charge in [0.1, 0.15) is 4.83 Å². The molecular formula is C5H3N3S. The van der Waals surface area contributed by atoms with Crippen molar-refractivity contribution >= 4 is 21.6 Å². The molecular weight excluding hydrogens is 134 g/mol. The molecule has 4 heteroatoms. The first kappa shape index (κ1) is 4.81. The first-order valence-electron chi connectivity index (χ1n) is 2.48. The molecule has 2 rings (SSSR count). The summed E-state index contributed by atoms with van der Waals surface area (Å²) in [6, 6.07) is 1.97. The van der Waals surface area contributed by atoms with Gasteiger partial charge < -0.3 is 0 Å². The summed E-state index contributed by atoms with van der Waals surface area (Å²) in [4.78, 5) is 0.949. The van der Waals surface area contributed by atoms with Gasteiger partial charge in [-0.05, 0) is 16.7 Å². The summed E-state index contributed by atoms with van der Waals surface area (Å²) in [7, 11) is 0. The van der Waals surface area contributed by atoms with Crippen LogP contribution in [0.25, 0.3) is 10.2 Å². The van der Waals surface area contributed by atoms with E-state index in [0.717, 1.165) is 10.2 Å². The smallest absolute Gasteiger partial charge is 0.138 e. The van der Waals surface area contributed by atoms with Crippen molar-refractivity contribution < 1.29 is 0 Å². The summed E-state index contributed by atoms with van der Waals surface area (Å²) in [5.74, 6) is 0. The molecule has 0 atom stereocenters. The minimum absolute atomic E-state index is 0.949. The van der Waals surface area contributed by atoms with E-state index in [-0.39, 0.29) is 0 Å². The van der Waals surface area contributed by atoms with E-state index in [9.17, 15) is 0 Å². The van der Waals surface area contributed by atoms with Gasteiger partial charge in [-0.2, -0.15) is 0 Å². The predicted molar refractivity (Wildman–Crippen MR) is 35.2 cm³/mol. The van der Waals surface area contributed by atoms with Crippen LogP contribution in [0.3, 0.4) is 0 Å². The van der Waals surface area contributed by atoms with Crippen LogP contribution >= 0.6 is 11.3 Å². The molecule has 0 radical (unpaired) electrons. The van der Waals surface area contributed by atoms with E-state index in [1.54, 1.807) is 17.5 Å². The molecule has 0 aliphatic rings. The van der Waals surface area contributed by atoms with Crippen LogP contribution in [0.1, 0.15) is 0 Å². The van der Waals surface area contributed by atoms with Crippen LogP contribution in [-0.2, 0) is 0 Å². The van der Waals surface area contributed by atoms with Crippen LogP contribution in [0.15, 0.2) is 17.6 Å². The maximum atomic E-state index is 3.80. The second-order valence-electron chi connectivity index (χ2n) is 1.62. The SMILES string of the molecule is c1cc2cnnnc2s1. The second kappa shape index (κ2) is 1.73. The van der Waals surface area contributed by atoms with Crippen molar-refractivity contribution in [2.75, 3.05) is 0 Å². The molecule has 0 aromatic carbocycles. The Morgan fingerprint density at radius 2 is 2.44 bits per heavy atom. The number of hydrogen-bond acceptors (Lipinski definition) is 4. The zero-order chi connectivity index (χ0) is 6.10. The highest BCUT2D eigenvalue weighted by atomic mass is 32.1. The standard InChI is InChI=1S/C5H3N3S/c1-2-9-5-4(1)3-6-8-7-5/h1-3H. The van der Waals surface area contributed by atoms with Crippen molar-refractivity contribution in [2.45, 2.75) is 0 Å². The lowest BCUT2D eigenvalue weighted by Gasteiger charge is -1.79. The van der Waals surface area contributed by atoms with Crippen LogP contribution in [0, 0.1) is 0 Å². The lowest BCUT2D eigenvalue weighted by Crippen LogP contribution is -1.81. The first-order chi connectivity index (χ1) is 4.47. The van der Waals surface area contributed by atoms with E-state index in [1.807, 2.05) is 11.4 Å². The molecule has 0 spiro atoms. The van der Waals surface area contributed by atoms with E-state index in [4.69, 9.17) is 0 Å². The minimum atomic E-state index is 0.949. The van der Waals surface area contributed by atoms with Crippen LogP contribution in [0.4, 0.5) is 0 Å². The van der Waals surface area contributed by atoms with Crippen molar-refractivity contribution in [3.63, 3.8) is 0 Å². The van der Waals surface area contributed by atoms with Gasteiger partial charge in [0.15, 0.2) is 0 Å². The molecule has 44 valence electrons. The number of rotatable bonds is 0. The molecule has 0 saturated heterocycles. The van der Waals surface area contributed by atoms with Gasteiger partial charge in [-0.1, -0.05) is 0 Å². The third-order valence-electron chi connectivity index (χ3n) is 1.06. The van der Waals surface area contributed by atoms with Crippen molar-refractivity contribution in [1.82, 2.24) is 15.4 Å². The first-order valence-corrected chi connectivity index (χ1v) is 3.36. The summed E-state index contributed by atoms with van der Waals surface area (Å²) in [6.07, 6.45) is 1.71. The molecule has 0 unspecified atom stereocenters. The minimum Gasteiger partial charge on any atom is -0.138 e. The van der Waals surface area contributed by atoms with E-state index in [2.05, 4.69) is 15.4 Å². The summed E-state index contributed by atoms with van der Waals surface area (Å²) < 4.78 is 0. The van der Waals surface area contributed by atoms with Crippen molar-refractivity contribution in [2.24, 2.45) is 0 Å². The Balaban J connectivity index is 2.95. The highest BCUT2D eigenvalue weighted by molar-refractivity contribution is 7.16. The van der Waals surface area contributed by atoms with Crippen LogP contribution in [0.2, 0.25) is 0 Å². The molecule has 2 aromatic rings. The highest BCUT2D eigenvalue weighted by Gasteiger charge is 1.91. The monoisotopic (exact) mass is 137 g/mol. The largest absolute Gasteiger partial charge is 0.149 e. The zero-order valence-corrected chi connectivity index (χ0v) is 5.30. The van der Waals surface area contributed by atoms with E-state index >= 15 is 0 Å². The molecule has 0 saturated carbocycles. The molecule has 0 aliphatic heterocycles. The molecule has 0 N–H and O–H groups in total. The summed E-state index contributed by atoms with van der Waals surface area (Å²) in [5.41, 5.74) is 0. The molecule has 2 heterocycles. The van der Waals surface area contributed by atoms with Gasteiger partial charge in [0.25, 0.3) is 0 Å². The molecule has 3 nitrogen and oxygen atoms in total. The topological polar surface area (TPSA) is 38.7 Å². The second-order valence-corrected chi connectivity index (χ2v) is 2.51. The number of thiophene rings is 1. The number of aromatic nitrogens is 3. The maximum Gasteiger partial charge on any atom is 0.149 e. The quantitative estimate of drug-likeness (QED) is 0.545. The average molecular weight is 137 g/mol. The Hall–Kier alpha value is -1.03. The zero-order valence-electron chi connectivity index (χ0n) is 4.48. The predicted octanol–water partition coefficient (Wildman–Crippen LogP) is 1.09. The Bertz CT molecular complexity index is 286. The Kier molecular flexibility index (Phi) is 0.927. The van der Waals surface area contributed by atoms with Gasteiger partial charge in [0, 0.05) is 5.39 Å². The molecule has 2 aromatic heterocycles. The van der Waals surface area contributed by atoms with Crippen LogP contribution in [0.5, 0.6) is 0 Å². The third kappa shape index (κ3) is 0.675. The fourth-order valence-corrected chi connectivity index (χ4v) is 1.33. The van der Waals surface area contributed by atoms with Gasteiger partial charge in [-0.25, -0.2) is 0 Å². The van der Waals surface area contributed by atoms with Gasteiger partial charge in [-0.3, -0.25) is 0 Å². The van der Waals surface area contributed by atoms with Crippen molar-refractivity contribution in [3.8, 4) is 0 Å². The van der Waals surface area contributed by atoms with Gasteiger partial charge in [-0.15, -0.1) is 21.5 Å². The normalized spacial score (nSPS) is 10.2. The Morgan fingerprint density at radius 1 is 1.44 bits per heavy atom. The highest BCUT2D eigenvalue weighted by Crippen LogP contribution is 2.14. The van der Waals surface area contributed by atoms with E-state index in [0.29, 0.717) is 0 Å². The average Bonchev–Trinajstić information content (AvgIpc) is 2.33. The van der Waals surface area contributed by atoms with Gasteiger partial charge in [0.2, 0.25) is 0 Å². The van der Waals surface area contributed by atoms with Crippen LogP contribution < -0.4 is 0 Å². The molecule has 0 fully saturated rings. The summed E-state index contributed by atoms with van der Waals surface area (Å²) in [5, 5.41) is 14.0. The molecule has 0 amide bonds.